The summed E-state index contributed by atoms with van der Waals surface area (Å²) in [4.78, 5) is 8.57. The first-order valence-electron chi connectivity index (χ1n) is 6.48. The minimum absolute atomic E-state index is 0.0787. The van der Waals surface area contributed by atoms with Crippen molar-refractivity contribution in [3.63, 3.8) is 0 Å². The van der Waals surface area contributed by atoms with E-state index in [4.69, 9.17) is 9.47 Å². The molecule has 18 heavy (non-hydrogen) atoms. The van der Waals surface area contributed by atoms with Crippen molar-refractivity contribution in [3.8, 4) is 5.88 Å². The van der Waals surface area contributed by atoms with Crippen molar-refractivity contribution in [2.45, 2.75) is 39.2 Å². The summed E-state index contributed by atoms with van der Waals surface area (Å²) in [7, 11) is 0. The van der Waals surface area contributed by atoms with Crippen LogP contribution >= 0.6 is 0 Å². The highest BCUT2D eigenvalue weighted by atomic mass is 16.5. The number of ether oxygens (including phenoxy) is 2. The summed E-state index contributed by atoms with van der Waals surface area (Å²) >= 11 is 0. The highest BCUT2D eigenvalue weighted by Gasteiger charge is 2.29. The zero-order valence-electron chi connectivity index (χ0n) is 11.3. The molecule has 2 heterocycles. The molecule has 1 unspecified atom stereocenters. The molecule has 2 rings (SSSR count). The van der Waals surface area contributed by atoms with Gasteiger partial charge in [-0.2, -0.15) is 4.98 Å². The SMILES string of the molecule is CCOc1cc(NCC2(C)CCCO2)nc(C)n1. The molecule has 1 aliphatic rings. The lowest BCUT2D eigenvalue weighted by molar-refractivity contribution is 0.0314. The van der Waals surface area contributed by atoms with E-state index in [0.29, 0.717) is 18.3 Å². The summed E-state index contributed by atoms with van der Waals surface area (Å²) in [6.45, 7) is 8.15. The van der Waals surface area contributed by atoms with Crippen LogP contribution in [0.2, 0.25) is 0 Å². The van der Waals surface area contributed by atoms with E-state index < -0.39 is 0 Å². The van der Waals surface area contributed by atoms with Crippen molar-refractivity contribution >= 4 is 5.82 Å². The Bertz CT molecular complexity index is 403. The molecule has 1 N–H and O–H groups in total. The Kier molecular flexibility index (Phi) is 4.01. The number of hydrogen-bond acceptors (Lipinski definition) is 5. The summed E-state index contributed by atoms with van der Waals surface area (Å²) in [5.74, 6) is 2.12. The Morgan fingerprint density at radius 1 is 1.50 bits per heavy atom. The molecule has 0 saturated carbocycles. The van der Waals surface area contributed by atoms with Crippen LogP contribution in [0.15, 0.2) is 6.07 Å². The topological polar surface area (TPSA) is 56.3 Å². The fourth-order valence-electron chi connectivity index (χ4n) is 2.11. The molecule has 1 saturated heterocycles. The van der Waals surface area contributed by atoms with Gasteiger partial charge in [-0.3, -0.25) is 0 Å². The van der Waals surface area contributed by atoms with Gasteiger partial charge in [-0.15, -0.1) is 0 Å². The summed E-state index contributed by atoms with van der Waals surface area (Å²) in [5.41, 5.74) is -0.0787. The third kappa shape index (κ3) is 3.32. The van der Waals surface area contributed by atoms with Gasteiger partial charge >= 0.3 is 0 Å². The van der Waals surface area contributed by atoms with E-state index in [2.05, 4.69) is 22.2 Å². The molecule has 0 bridgehead atoms. The third-order valence-corrected chi connectivity index (χ3v) is 3.05. The summed E-state index contributed by atoms with van der Waals surface area (Å²) in [5, 5.41) is 3.31. The maximum Gasteiger partial charge on any atom is 0.218 e. The standard InChI is InChI=1S/C13H21N3O2/c1-4-17-12-8-11(15-10(2)16-12)14-9-13(3)6-5-7-18-13/h8H,4-7,9H2,1-3H3,(H,14,15,16). The van der Waals surface area contributed by atoms with Gasteiger partial charge < -0.3 is 14.8 Å². The lowest BCUT2D eigenvalue weighted by Gasteiger charge is -2.23. The zero-order valence-corrected chi connectivity index (χ0v) is 11.3. The number of aromatic nitrogens is 2. The minimum Gasteiger partial charge on any atom is -0.478 e. The van der Waals surface area contributed by atoms with Crippen molar-refractivity contribution in [1.82, 2.24) is 9.97 Å². The van der Waals surface area contributed by atoms with Crippen LogP contribution in [0.25, 0.3) is 0 Å². The first kappa shape index (κ1) is 13.1. The van der Waals surface area contributed by atoms with E-state index >= 15 is 0 Å². The number of aryl methyl sites for hydroxylation is 1. The van der Waals surface area contributed by atoms with Gasteiger partial charge in [-0.25, -0.2) is 4.98 Å². The van der Waals surface area contributed by atoms with Crippen molar-refractivity contribution in [2.75, 3.05) is 25.1 Å². The molecule has 1 aromatic rings. The van der Waals surface area contributed by atoms with Gasteiger partial charge in [0.05, 0.1) is 12.2 Å². The quantitative estimate of drug-likeness (QED) is 0.869. The zero-order chi connectivity index (χ0) is 13.0. The van der Waals surface area contributed by atoms with E-state index in [1.807, 2.05) is 19.9 Å². The molecule has 5 nitrogen and oxygen atoms in total. The second-order valence-electron chi connectivity index (χ2n) is 4.83. The molecule has 1 aliphatic heterocycles. The number of nitrogens with one attached hydrogen (secondary N) is 1. The summed E-state index contributed by atoms with van der Waals surface area (Å²) in [6.07, 6.45) is 2.22. The average molecular weight is 251 g/mol. The molecule has 5 heteroatoms. The lowest BCUT2D eigenvalue weighted by atomic mass is 10.0. The molecule has 100 valence electrons. The smallest absolute Gasteiger partial charge is 0.218 e. The lowest BCUT2D eigenvalue weighted by Crippen LogP contribution is -2.32. The van der Waals surface area contributed by atoms with Crippen LogP contribution in [0.3, 0.4) is 0 Å². The fraction of sp³-hybridized carbons (Fsp3) is 0.692. The first-order chi connectivity index (χ1) is 8.61. The molecule has 0 radical (unpaired) electrons. The molecule has 0 spiro atoms. The van der Waals surface area contributed by atoms with E-state index in [-0.39, 0.29) is 5.60 Å². The molecule has 1 aromatic heterocycles. The molecule has 0 aromatic carbocycles. The van der Waals surface area contributed by atoms with Gasteiger partial charge in [0.1, 0.15) is 11.6 Å². The van der Waals surface area contributed by atoms with Crippen LogP contribution in [-0.4, -0.2) is 35.3 Å². The second-order valence-corrected chi connectivity index (χ2v) is 4.83. The third-order valence-electron chi connectivity index (χ3n) is 3.05. The van der Waals surface area contributed by atoms with Crippen LogP contribution in [0.4, 0.5) is 5.82 Å². The molecule has 1 fully saturated rings. The molecule has 1 atom stereocenters. The maximum atomic E-state index is 5.73. The Hall–Kier alpha value is -1.36. The van der Waals surface area contributed by atoms with E-state index in [1.165, 1.54) is 0 Å². The number of anilines is 1. The molecular weight excluding hydrogens is 230 g/mol. The normalized spacial score (nSPS) is 23.1. The van der Waals surface area contributed by atoms with Gasteiger partial charge in [-0.05, 0) is 33.6 Å². The second kappa shape index (κ2) is 5.52. The highest BCUT2D eigenvalue weighted by Crippen LogP contribution is 2.25. The van der Waals surface area contributed by atoms with Crippen molar-refractivity contribution in [3.05, 3.63) is 11.9 Å². The van der Waals surface area contributed by atoms with Crippen LogP contribution in [0, 0.1) is 6.92 Å². The van der Waals surface area contributed by atoms with E-state index in [9.17, 15) is 0 Å². The minimum atomic E-state index is -0.0787. The van der Waals surface area contributed by atoms with Crippen molar-refractivity contribution in [2.24, 2.45) is 0 Å². The average Bonchev–Trinajstić information content (AvgIpc) is 2.74. The summed E-state index contributed by atoms with van der Waals surface area (Å²) in [6, 6.07) is 1.83. The highest BCUT2D eigenvalue weighted by molar-refractivity contribution is 5.38. The summed E-state index contributed by atoms with van der Waals surface area (Å²) < 4.78 is 11.1. The first-order valence-corrected chi connectivity index (χ1v) is 6.48. The molecular formula is C13H21N3O2. The number of rotatable bonds is 5. The Morgan fingerprint density at radius 2 is 2.33 bits per heavy atom. The van der Waals surface area contributed by atoms with Gasteiger partial charge in [0.25, 0.3) is 0 Å². The Balaban J connectivity index is 2.00. The maximum absolute atomic E-state index is 5.73. The van der Waals surface area contributed by atoms with Crippen molar-refractivity contribution < 1.29 is 9.47 Å². The van der Waals surface area contributed by atoms with E-state index in [1.54, 1.807) is 0 Å². The predicted molar refractivity (Wildman–Crippen MR) is 70.0 cm³/mol. The monoisotopic (exact) mass is 251 g/mol. The number of nitrogens with zero attached hydrogens (tertiary/aromatic N) is 2. The van der Waals surface area contributed by atoms with Gasteiger partial charge in [0.15, 0.2) is 0 Å². The fourth-order valence-corrected chi connectivity index (χ4v) is 2.11. The molecule has 0 amide bonds. The largest absolute Gasteiger partial charge is 0.478 e. The van der Waals surface area contributed by atoms with Crippen LogP contribution in [0.1, 0.15) is 32.5 Å². The van der Waals surface area contributed by atoms with Crippen LogP contribution in [-0.2, 0) is 4.74 Å². The van der Waals surface area contributed by atoms with Crippen molar-refractivity contribution in [1.29, 1.82) is 0 Å². The van der Waals surface area contributed by atoms with Gasteiger partial charge in [0, 0.05) is 19.2 Å². The van der Waals surface area contributed by atoms with Crippen LogP contribution < -0.4 is 10.1 Å². The predicted octanol–water partition coefficient (Wildman–Crippen LogP) is 2.16. The van der Waals surface area contributed by atoms with Crippen LogP contribution in [0.5, 0.6) is 5.88 Å². The Labute approximate surface area is 108 Å². The number of hydrogen-bond donors (Lipinski definition) is 1. The Morgan fingerprint density at radius 3 is 3.00 bits per heavy atom. The van der Waals surface area contributed by atoms with Gasteiger partial charge in [-0.1, -0.05) is 0 Å². The van der Waals surface area contributed by atoms with Gasteiger partial charge in [0.2, 0.25) is 5.88 Å². The van der Waals surface area contributed by atoms with E-state index in [0.717, 1.165) is 31.8 Å². The molecule has 0 aliphatic carbocycles.